The minimum absolute atomic E-state index is 0.0686. The number of benzene rings is 1. The zero-order chi connectivity index (χ0) is 13.7. The van der Waals surface area contributed by atoms with Gasteiger partial charge >= 0.3 is 0 Å². The predicted octanol–water partition coefficient (Wildman–Crippen LogP) is 2.67. The molecule has 4 heteroatoms. The van der Waals surface area contributed by atoms with Crippen LogP contribution >= 0.6 is 11.3 Å². The zero-order valence-electron chi connectivity index (χ0n) is 11.2. The van der Waals surface area contributed by atoms with Crippen LogP contribution in [0.4, 0.5) is 5.69 Å². The Morgan fingerprint density at radius 3 is 2.53 bits per heavy atom. The van der Waals surface area contributed by atoms with Gasteiger partial charge in [-0.05, 0) is 29.1 Å². The maximum Gasteiger partial charge on any atom is 0.225 e. The lowest BCUT2D eigenvalue weighted by Crippen LogP contribution is -2.24. The van der Waals surface area contributed by atoms with Crippen molar-refractivity contribution in [1.82, 2.24) is 5.32 Å². The van der Waals surface area contributed by atoms with Crippen molar-refractivity contribution < 1.29 is 4.79 Å². The SMILES string of the molecule is CN(C)c1ccc(CNC(=O)Cc2cccs2)cc1. The van der Waals surface area contributed by atoms with Crippen LogP contribution in [0.15, 0.2) is 41.8 Å². The van der Waals surface area contributed by atoms with E-state index in [4.69, 9.17) is 0 Å². The number of rotatable bonds is 5. The molecule has 0 aliphatic carbocycles. The second kappa shape index (κ2) is 6.38. The van der Waals surface area contributed by atoms with Gasteiger partial charge in [0.05, 0.1) is 6.42 Å². The predicted molar refractivity (Wildman–Crippen MR) is 80.6 cm³/mol. The van der Waals surface area contributed by atoms with Crippen LogP contribution in [-0.4, -0.2) is 20.0 Å². The second-order valence-electron chi connectivity index (χ2n) is 4.59. The third kappa shape index (κ3) is 4.10. The fourth-order valence-corrected chi connectivity index (χ4v) is 2.45. The van der Waals surface area contributed by atoms with E-state index in [1.54, 1.807) is 11.3 Å². The van der Waals surface area contributed by atoms with Crippen molar-refractivity contribution in [3.8, 4) is 0 Å². The molecule has 1 N–H and O–H groups in total. The van der Waals surface area contributed by atoms with E-state index >= 15 is 0 Å². The Hall–Kier alpha value is -1.81. The molecule has 0 fully saturated rings. The molecule has 0 bridgehead atoms. The summed E-state index contributed by atoms with van der Waals surface area (Å²) in [4.78, 5) is 14.9. The molecule has 0 aliphatic heterocycles. The molecular weight excluding hydrogens is 256 g/mol. The van der Waals surface area contributed by atoms with Crippen molar-refractivity contribution in [2.24, 2.45) is 0 Å². The fourth-order valence-electron chi connectivity index (χ4n) is 1.75. The Kier molecular flexibility index (Phi) is 4.58. The first kappa shape index (κ1) is 13.6. The summed E-state index contributed by atoms with van der Waals surface area (Å²) in [5.74, 6) is 0.0686. The average molecular weight is 274 g/mol. The van der Waals surface area contributed by atoms with E-state index in [9.17, 15) is 4.79 Å². The largest absolute Gasteiger partial charge is 0.378 e. The van der Waals surface area contributed by atoms with Gasteiger partial charge in [-0.1, -0.05) is 18.2 Å². The van der Waals surface area contributed by atoms with E-state index in [-0.39, 0.29) is 5.91 Å². The molecule has 1 aromatic carbocycles. The molecule has 100 valence electrons. The normalized spacial score (nSPS) is 10.2. The summed E-state index contributed by atoms with van der Waals surface area (Å²) in [5, 5.41) is 4.93. The number of carbonyl (C=O) groups is 1. The van der Waals surface area contributed by atoms with Crippen molar-refractivity contribution in [3.63, 3.8) is 0 Å². The lowest BCUT2D eigenvalue weighted by atomic mass is 10.2. The Balaban J connectivity index is 1.83. The quantitative estimate of drug-likeness (QED) is 0.909. The summed E-state index contributed by atoms with van der Waals surface area (Å²) in [7, 11) is 4.02. The summed E-state index contributed by atoms with van der Waals surface area (Å²) < 4.78 is 0. The average Bonchev–Trinajstić information content (AvgIpc) is 2.89. The van der Waals surface area contributed by atoms with Gasteiger partial charge in [0.25, 0.3) is 0 Å². The fraction of sp³-hybridized carbons (Fsp3) is 0.267. The van der Waals surface area contributed by atoms with Gasteiger partial charge in [-0.2, -0.15) is 0 Å². The lowest BCUT2D eigenvalue weighted by molar-refractivity contribution is -0.120. The van der Waals surface area contributed by atoms with E-state index in [0.717, 1.165) is 16.1 Å². The maximum atomic E-state index is 11.7. The first-order valence-electron chi connectivity index (χ1n) is 6.20. The highest BCUT2D eigenvalue weighted by Gasteiger charge is 2.04. The number of hydrogen-bond acceptors (Lipinski definition) is 3. The number of anilines is 1. The molecule has 2 aromatic rings. The molecule has 0 radical (unpaired) electrons. The molecule has 0 unspecified atom stereocenters. The van der Waals surface area contributed by atoms with E-state index in [0.29, 0.717) is 13.0 Å². The first-order chi connectivity index (χ1) is 9.15. The standard InChI is InChI=1S/C15H18N2OS/c1-17(2)13-7-5-12(6-8-13)11-16-15(18)10-14-4-3-9-19-14/h3-9H,10-11H2,1-2H3,(H,16,18). The topological polar surface area (TPSA) is 32.3 Å². The molecule has 19 heavy (non-hydrogen) atoms. The van der Waals surface area contributed by atoms with E-state index < -0.39 is 0 Å². The van der Waals surface area contributed by atoms with Crippen LogP contribution in [0, 0.1) is 0 Å². The first-order valence-corrected chi connectivity index (χ1v) is 7.08. The van der Waals surface area contributed by atoms with Gasteiger partial charge < -0.3 is 10.2 Å². The zero-order valence-corrected chi connectivity index (χ0v) is 12.0. The van der Waals surface area contributed by atoms with Crippen LogP contribution in [0.3, 0.4) is 0 Å². The summed E-state index contributed by atoms with van der Waals surface area (Å²) in [6.45, 7) is 0.581. The molecule has 0 saturated heterocycles. The third-order valence-corrected chi connectivity index (χ3v) is 3.73. The van der Waals surface area contributed by atoms with Gasteiger partial charge in [-0.3, -0.25) is 4.79 Å². The number of nitrogens with one attached hydrogen (secondary N) is 1. The molecule has 0 spiro atoms. The number of thiophene rings is 1. The molecule has 1 amide bonds. The van der Waals surface area contributed by atoms with Gasteiger partial charge in [0.2, 0.25) is 5.91 Å². The lowest BCUT2D eigenvalue weighted by Gasteiger charge is -2.12. The van der Waals surface area contributed by atoms with Gasteiger partial charge in [-0.25, -0.2) is 0 Å². The van der Waals surface area contributed by atoms with E-state index in [1.807, 2.05) is 43.7 Å². The molecule has 0 atom stereocenters. The summed E-state index contributed by atoms with van der Waals surface area (Å²) in [5.41, 5.74) is 2.28. The number of carbonyl (C=O) groups excluding carboxylic acids is 1. The molecule has 0 saturated carbocycles. The minimum Gasteiger partial charge on any atom is -0.378 e. The van der Waals surface area contributed by atoms with Gasteiger partial charge in [-0.15, -0.1) is 11.3 Å². The van der Waals surface area contributed by atoms with Crippen LogP contribution < -0.4 is 10.2 Å². The summed E-state index contributed by atoms with van der Waals surface area (Å²) >= 11 is 1.61. The van der Waals surface area contributed by atoms with E-state index in [2.05, 4.69) is 22.3 Å². The Labute approximate surface area is 117 Å². The number of amides is 1. The monoisotopic (exact) mass is 274 g/mol. The molecule has 1 heterocycles. The molecule has 2 rings (SSSR count). The number of nitrogens with zero attached hydrogens (tertiary/aromatic N) is 1. The maximum absolute atomic E-state index is 11.7. The van der Waals surface area contributed by atoms with Crippen LogP contribution in [0.25, 0.3) is 0 Å². The van der Waals surface area contributed by atoms with Gasteiger partial charge in [0, 0.05) is 31.2 Å². The van der Waals surface area contributed by atoms with Crippen molar-refractivity contribution in [1.29, 1.82) is 0 Å². The Bertz CT molecular complexity index is 518. The molecular formula is C15H18N2OS. The smallest absolute Gasteiger partial charge is 0.225 e. The highest BCUT2D eigenvalue weighted by atomic mass is 32.1. The van der Waals surface area contributed by atoms with Gasteiger partial charge in [0.1, 0.15) is 0 Å². The highest BCUT2D eigenvalue weighted by molar-refractivity contribution is 7.10. The molecule has 3 nitrogen and oxygen atoms in total. The second-order valence-corrected chi connectivity index (χ2v) is 5.63. The van der Waals surface area contributed by atoms with Crippen LogP contribution in [0.1, 0.15) is 10.4 Å². The Morgan fingerprint density at radius 1 is 1.21 bits per heavy atom. The molecule has 0 aliphatic rings. The van der Waals surface area contributed by atoms with Crippen LogP contribution in [0.5, 0.6) is 0 Å². The highest BCUT2D eigenvalue weighted by Crippen LogP contribution is 2.12. The van der Waals surface area contributed by atoms with Crippen LogP contribution in [-0.2, 0) is 17.8 Å². The van der Waals surface area contributed by atoms with Crippen LogP contribution in [0.2, 0.25) is 0 Å². The van der Waals surface area contributed by atoms with Gasteiger partial charge in [0.15, 0.2) is 0 Å². The van der Waals surface area contributed by atoms with Crippen molar-refractivity contribution >= 4 is 22.9 Å². The molecule has 1 aromatic heterocycles. The number of hydrogen-bond donors (Lipinski definition) is 1. The minimum atomic E-state index is 0.0686. The van der Waals surface area contributed by atoms with Crippen molar-refractivity contribution in [2.45, 2.75) is 13.0 Å². The van der Waals surface area contributed by atoms with Crippen molar-refractivity contribution in [3.05, 3.63) is 52.2 Å². The summed E-state index contributed by atoms with van der Waals surface area (Å²) in [6, 6.07) is 12.1. The summed E-state index contributed by atoms with van der Waals surface area (Å²) in [6.07, 6.45) is 0.466. The third-order valence-electron chi connectivity index (χ3n) is 2.86. The van der Waals surface area contributed by atoms with Crippen molar-refractivity contribution in [2.75, 3.05) is 19.0 Å². The van der Waals surface area contributed by atoms with E-state index in [1.165, 1.54) is 0 Å². The Morgan fingerprint density at radius 2 is 1.95 bits per heavy atom.